The number of phenolic OH excluding ortho intramolecular Hbond substituents is 1. The van der Waals surface area contributed by atoms with E-state index in [0.717, 1.165) is 29.7 Å². The molecule has 2 aliphatic heterocycles. The lowest BCUT2D eigenvalue weighted by atomic mass is 9.93. The first-order chi connectivity index (χ1) is 17.5. The number of amides is 2. The number of benzene rings is 2. The van der Waals surface area contributed by atoms with Crippen molar-refractivity contribution in [2.75, 3.05) is 20.2 Å². The number of carbonyl (C=O) groups excluding carboxylic acids is 2. The van der Waals surface area contributed by atoms with Gasteiger partial charge in [0.25, 0.3) is 5.91 Å². The van der Waals surface area contributed by atoms with E-state index in [2.05, 4.69) is 10.5 Å². The highest BCUT2D eigenvalue weighted by Crippen LogP contribution is 2.41. The minimum Gasteiger partial charge on any atom is -0.504 e. The molecule has 3 aliphatic rings. The molecule has 2 aromatic carbocycles. The Balaban J connectivity index is 1.34. The second-order valence-corrected chi connectivity index (χ2v) is 9.70. The minimum atomic E-state index is -0.286. The van der Waals surface area contributed by atoms with Crippen molar-refractivity contribution in [2.24, 2.45) is 0 Å². The van der Waals surface area contributed by atoms with Gasteiger partial charge in [0.2, 0.25) is 11.7 Å². The van der Waals surface area contributed by atoms with Crippen LogP contribution in [0.25, 0.3) is 0 Å². The normalized spacial score (nSPS) is 21.4. The zero-order chi connectivity index (χ0) is 24.8. The Hall–Kier alpha value is -4.01. The Morgan fingerprint density at radius 1 is 1.11 bits per heavy atom. The molecule has 0 radical (unpaired) electrons. The number of rotatable bonds is 3. The molecule has 3 aromatic rings. The Bertz CT molecular complexity index is 1330. The van der Waals surface area contributed by atoms with Crippen molar-refractivity contribution in [1.29, 1.82) is 0 Å². The number of nitrogens with zero attached hydrogens (tertiary/aromatic N) is 2. The number of carbonyl (C=O) groups is 2. The fourth-order valence-electron chi connectivity index (χ4n) is 5.03. The van der Waals surface area contributed by atoms with Crippen molar-refractivity contribution in [3.63, 3.8) is 0 Å². The van der Waals surface area contributed by atoms with E-state index in [1.54, 1.807) is 42.3 Å². The SMILES string of the molecule is COc1ccc2cc1Oc1cc(ccc1O)CCC(=O)N[C@@H]1CN(C(=O)c3cc(C4CC4)no3)C[C@@H]21. The molecule has 0 unspecified atom stereocenters. The number of aromatic hydroxyl groups is 1. The van der Waals surface area contributed by atoms with Gasteiger partial charge in [0, 0.05) is 37.4 Å². The summed E-state index contributed by atoms with van der Waals surface area (Å²) in [5, 5.41) is 17.6. The number of fused-ring (bicyclic) bond motifs is 6. The van der Waals surface area contributed by atoms with Gasteiger partial charge in [-0.2, -0.15) is 0 Å². The summed E-state index contributed by atoms with van der Waals surface area (Å²) in [6.45, 7) is 0.749. The molecule has 0 spiro atoms. The number of hydrogen-bond donors (Lipinski definition) is 2. The Labute approximate surface area is 208 Å². The van der Waals surface area contributed by atoms with E-state index in [9.17, 15) is 14.7 Å². The van der Waals surface area contributed by atoms with E-state index in [-0.39, 0.29) is 41.7 Å². The minimum absolute atomic E-state index is 0.00123. The molecule has 1 aromatic heterocycles. The van der Waals surface area contributed by atoms with Gasteiger partial charge in [-0.3, -0.25) is 9.59 Å². The fraction of sp³-hybridized carbons (Fsp3) is 0.370. The van der Waals surface area contributed by atoms with E-state index in [1.807, 2.05) is 12.1 Å². The summed E-state index contributed by atoms with van der Waals surface area (Å²) < 4.78 is 17.0. The maximum atomic E-state index is 13.3. The van der Waals surface area contributed by atoms with Gasteiger partial charge in [0.15, 0.2) is 23.0 Å². The van der Waals surface area contributed by atoms with Crippen LogP contribution in [0.5, 0.6) is 23.0 Å². The van der Waals surface area contributed by atoms with Crippen LogP contribution in [0, 0.1) is 0 Å². The molecule has 186 valence electrons. The second kappa shape index (κ2) is 8.89. The van der Waals surface area contributed by atoms with Crippen LogP contribution in [0.4, 0.5) is 0 Å². The summed E-state index contributed by atoms with van der Waals surface area (Å²) >= 11 is 0. The van der Waals surface area contributed by atoms with Crippen molar-refractivity contribution < 1.29 is 28.7 Å². The quantitative estimate of drug-likeness (QED) is 0.576. The number of methoxy groups -OCH3 is 1. The van der Waals surface area contributed by atoms with Crippen molar-refractivity contribution in [2.45, 2.75) is 43.6 Å². The fourth-order valence-corrected chi connectivity index (χ4v) is 5.03. The zero-order valence-electron chi connectivity index (χ0n) is 19.9. The van der Waals surface area contributed by atoms with Crippen LogP contribution < -0.4 is 14.8 Å². The standard InChI is InChI=1S/C27H27N3O6/c1-34-22-8-6-17-11-24(22)35-23-10-15(2-7-21(23)31)3-9-26(32)28-20-14-30(13-18(17)20)27(33)25-12-19(29-36-25)16-4-5-16/h2,6-8,10-12,16,18,20,31H,3-5,9,13-14H2,1H3,(H,28,32)/t18-,20+/m0/s1. The molecule has 9 nitrogen and oxygen atoms in total. The summed E-state index contributed by atoms with van der Waals surface area (Å²) in [6, 6.07) is 12.1. The Kier molecular flexibility index (Phi) is 5.55. The second-order valence-electron chi connectivity index (χ2n) is 9.70. The molecule has 3 heterocycles. The summed E-state index contributed by atoms with van der Waals surface area (Å²) in [4.78, 5) is 27.9. The topological polar surface area (TPSA) is 114 Å². The van der Waals surface area contributed by atoms with Gasteiger partial charge < -0.3 is 29.3 Å². The number of nitrogens with one attached hydrogen (secondary N) is 1. The molecule has 2 fully saturated rings. The van der Waals surface area contributed by atoms with Gasteiger partial charge in [0.1, 0.15) is 0 Å². The predicted octanol–water partition coefficient (Wildman–Crippen LogP) is 3.73. The third-order valence-corrected chi connectivity index (χ3v) is 7.19. The number of hydrogen-bond acceptors (Lipinski definition) is 7. The summed E-state index contributed by atoms with van der Waals surface area (Å²) in [6.07, 6.45) is 2.90. The zero-order valence-corrected chi connectivity index (χ0v) is 19.9. The van der Waals surface area contributed by atoms with Crippen LogP contribution in [0.15, 0.2) is 47.0 Å². The van der Waals surface area contributed by atoms with E-state index < -0.39 is 0 Å². The molecule has 9 heteroatoms. The lowest BCUT2D eigenvalue weighted by Gasteiger charge is -2.21. The van der Waals surface area contributed by atoms with Gasteiger partial charge in [-0.25, -0.2) is 0 Å². The highest BCUT2D eigenvalue weighted by molar-refractivity contribution is 5.92. The van der Waals surface area contributed by atoms with E-state index in [4.69, 9.17) is 14.0 Å². The number of ether oxygens (including phenoxy) is 2. The van der Waals surface area contributed by atoms with Crippen molar-refractivity contribution in [1.82, 2.24) is 15.4 Å². The van der Waals surface area contributed by atoms with Crippen LogP contribution in [-0.4, -0.2) is 53.2 Å². The maximum absolute atomic E-state index is 13.3. The molecule has 1 saturated carbocycles. The first kappa shape index (κ1) is 22.5. The number of aryl methyl sites for hydroxylation is 1. The molecule has 6 rings (SSSR count). The van der Waals surface area contributed by atoms with Crippen LogP contribution in [0.3, 0.4) is 0 Å². The lowest BCUT2D eigenvalue weighted by molar-refractivity contribution is -0.121. The number of likely N-dealkylation sites (tertiary alicyclic amines) is 1. The molecule has 1 aliphatic carbocycles. The van der Waals surface area contributed by atoms with Gasteiger partial charge in [-0.05, 0) is 54.7 Å². The Morgan fingerprint density at radius 3 is 2.78 bits per heavy atom. The molecule has 2 atom stereocenters. The van der Waals surface area contributed by atoms with Crippen molar-refractivity contribution >= 4 is 11.8 Å². The lowest BCUT2D eigenvalue weighted by Crippen LogP contribution is -2.40. The molecular formula is C27H27N3O6. The molecule has 2 amide bonds. The maximum Gasteiger partial charge on any atom is 0.292 e. The molecule has 4 bridgehead atoms. The third-order valence-electron chi connectivity index (χ3n) is 7.19. The summed E-state index contributed by atoms with van der Waals surface area (Å²) in [5.74, 6) is 1.36. The molecule has 36 heavy (non-hydrogen) atoms. The summed E-state index contributed by atoms with van der Waals surface area (Å²) in [5.41, 5.74) is 2.58. The van der Waals surface area contributed by atoms with Gasteiger partial charge in [-0.15, -0.1) is 0 Å². The first-order valence-corrected chi connectivity index (χ1v) is 12.2. The number of aromatic nitrogens is 1. The van der Waals surface area contributed by atoms with Crippen molar-refractivity contribution in [3.05, 3.63) is 65.0 Å². The van der Waals surface area contributed by atoms with Crippen LogP contribution in [0.1, 0.15) is 58.5 Å². The Morgan fingerprint density at radius 2 is 1.97 bits per heavy atom. The van der Waals surface area contributed by atoms with Gasteiger partial charge >= 0.3 is 0 Å². The third kappa shape index (κ3) is 4.25. The molecule has 1 saturated heterocycles. The first-order valence-electron chi connectivity index (χ1n) is 12.2. The predicted molar refractivity (Wildman–Crippen MR) is 129 cm³/mol. The highest BCUT2D eigenvalue weighted by Gasteiger charge is 2.39. The van der Waals surface area contributed by atoms with Crippen LogP contribution >= 0.6 is 0 Å². The molecule has 2 N–H and O–H groups in total. The highest BCUT2D eigenvalue weighted by atomic mass is 16.5. The summed E-state index contributed by atoms with van der Waals surface area (Å²) in [7, 11) is 1.55. The van der Waals surface area contributed by atoms with Crippen LogP contribution in [-0.2, 0) is 11.2 Å². The van der Waals surface area contributed by atoms with Gasteiger partial charge in [-0.1, -0.05) is 17.3 Å². The monoisotopic (exact) mass is 489 g/mol. The van der Waals surface area contributed by atoms with E-state index in [0.29, 0.717) is 42.7 Å². The average molecular weight is 490 g/mol. The van der Waals surface area contributed by atoms with Crippen molar-refractivity contribution in [3.8, 4) is 23.0 Å². The largest absolute Gasteiger partial charge is 0.504 e. The smallest absolute Gasteiger partial charge is 0.292 e. The van der Waals surface area contributed by atoms with E-state index in [1.165, 1.54) is 0 Å². The molecular weight excluding hydrogens is 462 g/mol. The van der Waals surface area contributed by atoms with E-state index >= 15 is 0 Å². The van der Waals surface area contributed by atoms with Gasteiger partial charge in [0.05, 0.1) is 18.8 Å². The van der Waals surface area contributed by atoms with Crippen LogP contribution in [0.2, 0.25) is 0 Å². The number of phenols is 1. The average Bonchev–Trinajstić information content (AvgIpc) is 3.46.